The molecule has 1 aromatic carbocycles. The van der Waals surface area contributed by atoms with Crippen LogP contribution in [-0.4, -0.2) is 6.54 Å². The summed E-state index contributed by atoms with van der Waals surface area (Å²) in [5.74, 6) is 0. The molecule has 2 nitrogen and oxygen atoms in total. The van der Waals surface area contributed by atoms with Crippen molar-refractivity contribution in [2.45, 2.75) is 12.8 Å². The third kappa shape index (κ3) is 3.84. The van der Waals surface area contributed by atoms with Gasteiger partial charge in [0.05, 0.1) is 6.07 Å². The van der Waals surface area contributed by atoms with E-state index < -0.39 is 0 Å². The molecule has 4 heteroatoms. The molecule has 1 rings (SSSR count). The van der Waals surface area contributed by atoms with Crippen molar-refractivity contribution in [1.82, 2.24) is 0 Å². The van der Waals surface area contributed by atoms with Gasteiger partial charge in [0.25, 0.3) is 0 Å². The van der Waals surface area contributed by atoms with Gasteiger partial charge < -0.3 is 5.32 Å². The van der Waals surface area contributed by atoms with E-state index in [0.717, 1.165) is 23.1 Å². The smallest absolute Gasteiger partial charge is 0.0622 e. The Morgan fingerprint density at radius 1 is 1.50 bits per heavy atom. The third-order valence-electron chi connectivity index (χ3n) is 1.71. The van der Waals surface area contributed by atoms with Crippen molar-refractivity contribution < 1.29 is 0 Å². The van der Waals surface area contributed by atoms with Crippen LogP contribution in [-0.2, 0) is 0 Å². The molecule has 0 aliphatic rings. The van der Waals surface area contributed by atoms with Gasteiger partial charge >= 0.3 is 0 Å². The fourth-order valence-corrected chi connectivity index (χ4v) is 1.77. The first kappa shape index (κ1) is 11.8. The van der Waals surface area contributed by atoms with Crippen LogP contribution < -0.4 is 5.32 Å². The molecule has 0 saturated heterocycles. The second-order valence-electron chi connectivity index (χ2n) is 2.82. The van der Waals surface area contributed by atoms with E-state index in [0.29, 0.717) is 6.42 Å². The molecule has 0 aliphatic carbocycles. The fraction of sp³-hybridized carbons (Fsp3) is 0.300. The Balaban J connectivity index is 2.44. The molecule has 0 atom stereocenters. The van der Waals surface area contributed by atoms with E-state index in [9.17, 15) is 0 Å². The molecule has 0 heterocycles. The van der Waals surface area contributed by atoms with E-state index >= 15 is 0 Å². The van der Waals surface area contributed by atoms with Gasteiger partial charge in [-0.15, -0.1) is 0 Å². The third-order valence-corrected chi connectivity index (χ3v) is 4.04. The molecule has 0 aromatic heterocycles. The van der Waals surface area contributed by atoms with Crippen LogP contribution in [0, 0.1) is 14.9 Å². The van der Waals surface area contributed by atoms with Crippen LogP contribution in [0.1, 0.15) is 12.8 Å². The number of anilines is 1. The van der Waals surface area contributed by atoms with Crippen molar-refractivity contribution in [3.8, 4) is 6.07 Å². The Labute approximate surface area is 106 Å². The molecule has 0 radical (unpaired) electrons. The molecule has 0 aliphatic heterocycles. The lowest BCUT2D eigenvalue weighted by atomic mass is 10.3. The lowest BCUT2D eigenvalue weighted by molar-refractivity contribution is 0.897. The summed E-state index contributed by atoms with van der Waals surface area (Å²) < 4.78 is 2.30. The Morgan fingerprint density at radius 2 is 2.29 bits per heavy atom. The summed E-state index contributed by atoms with van der Waals surface area (Å²) in [6.45, 7) is 0.852. The summed E-state index contributed by atoms with van der Waals surface area (Å²) in [7, 11) is 0. The standard InChI is InChI=1S/C10H10BrIN2/c11-9-4-3-8(7-10(9)12)14-6-2-1-5-13/h3-4,7,14H,1-2,6H2. The lowest BCUT2D eigenvalue weighted by Gasteiger charge is -2.05. The average Bonchev–Trinajstić information content (AvgIpc) is 2.18. The van der Waals surface area contributed by atoms with Crippen LogP contribution in [0.5, 0.6) is 0 Å². The Bertz CT molecular complexity index is 346. The number of nitriles is 1. The van der Waals surface area contributed by atoms with Gasteiger partial charge in [-0.2, -0.15) is 5.26 Å². The van der Waals surface area contributed by atoms with Gasteiger partial charge in [0.1, 0.15) is 0 Å². The van der Waals surface area contributed by atoms with E-state index in [1.807, 2.05) is 12.1 Å². The molecular weight excluding hydrogens is 355 g/mol. The second kappa shape index (κ2) is 6.25. The van der Waals surface area contributed by atoms with Crippen molar-refractivity contribution in [2.24, 2.45) is 0 Å². The van der Waals surface area contributed by atoms with Crippen molar-refractivity contribution >= 4 is 44.2 Å². The Hall–Kier alpha value is -0.280. The normalized spacial score (nSPS) is 9.50. The lowest BCUT2D eigenvalue weighted by Crippen LogP contribution is -2.00. The molecule has 0 unspecified atom stereocenters. The number of hydrogen-bond donors (Lipinski definition) is 1. The van der Waals surface area contributed by atoms with E-state index in [1.165, 1.54) is 3.57 Å². The number of nitrogens with one attached hydrogen (secondary N) is 1. The zero-order valence-electron chi connectivity index (χ0n) is 7.56. The Kier molecular flexibility index (Phi) is 5.26. The van der Waals surface area contributed by atoms with Crippen LogP contribution in [0.3, 0.4) is 0 Å². The minimum Gasteiger partial charge on any atom is -0.385 e. The highest BCUT2D eigenvalue weighted by Gasteiger charge is 1.97. The van der Waals surface area contributed by atoms with Gasteiger partial charge in [0.15, 0.2) is 0 Å². The quantitative estimate of drug-likeness (QED) is 0.652. The van der Waals surface area contributed by atoms with Gasteiger partial charge in [-0.25, -0.2) is 0 Å². The van der Waals surface area contributed by atoms with Crippen molar-refractivity contribution in [1.29, 1.82) is 5.26 Å². The maximum absolute atomic E-state index is 8.36. The first-order chi connectivity index (χ1) is 6.74. The van der Waals surface area contributed by atoms with Crippen LogP contribution in [0.25, 0.3) is 0 Å². The summed E-state index contributed by atoms with van der Waals surface area (Å²) in [4.78, 5) is 0. The zero-order valence-corrected chi connectivity index (χ0v) is 11.3. The number of hydrogen-bond acceptors (Lipinski definition) is 2. The van der Waals surface area contributed by atoms with Crippen LogP contribution >= 0.6 is 38.5 Å². The maximum Gasteiger partial charge on any atom is 0.0622 e. The monoisotopic (exact) mass is 364 g/mol. The number of nitrogens with zero attached hydrogens (tertiary/aromatic N) is 1. The van der Waals surface area contributed by atoms with E-state index in [-0.39, 0.29) is 0 Å². The predicted octanol–water partition coefficient (Wildman–Crippen LogP) is 3.77. The van der Waals surface area contributed by atoms with Gasteiger partial charge in [0.2, 0.25) is 0 Å². The summed E-state index contributed by atoms with van der Waals surface area (Å²) in [5.41, 5.74) is 1.11. The molecule has 1 N–H and O–H groups in total. The molecule has 74 valence electrons. The molecular formula is C10H10BrIN2. The fourth-order valence-electron chi connectivity index (χ4n) is 1.01. The van der Waals surface area contributed by atoms with Crippen LogP contribution in [0.4, 0.5) is 5.69 Å². The van der Waals surface area contributed by atoms with Gasteiger partial charge in [-0.05, 0) is 63.1 Å². The molecule has 1 aromatic rings. The summed E-state index contributed by atoms with van der Waals surface area (Å²) in [6, 6.07) is 8.25. The van der Waals surface area contributed by atoms with Crippen molar-refractivity contribution in [3.63, 3.8) is 0 Å². The summed E-state index contributed by atoms with van der Waals surface area (Å²) >= 11 is 5.72. The SMILES string of the molecule is N#CCCCNc1ccc(Br)c(I)c1. The van der Waals surface area contributed by atoms with E-state index in [4.69, 9.17) is 5.26 Å². The van der Waals surface area contributed by atoms with Crippen LogP contribution in [0.2, 0.25) is 0 Å². The molecule has 0 bridgehead atoms. The average molecular weight is 365 g/mol. The number of halogens is 2. The second-order valence-corrected chi connectivity index (χ2v) is 4.83. The summed E-state index contributed by atoms with van der Waals surface area (Å²) in [6.07, 6.45) is 1.50. The highest BCUT2D eigenvalue weighted by Crippen LogP contribution is 2.22. The summed E-state index contributed by atoms with van der Waals surface area (Å²) in [5, 5.41) is 11.6. The molecule has 0 fully saturated rings. The van der Waals surface area contributed by atoms with Gasteiger partial charge in [-0.1, -0.05) is 0 Å². The zero-order chi connectivity index (χ0) is 10.4. The largest absolute Gasteiger partial charge is 0.385 e. The van der Waals surface area contributed by atoms with E-state index in [2.05, 4.69) is 56.0 Å². The molecule has 14 heavy (non-hydrogen) atoms. The maximum atomic E-state index is 8.36. The number of rotatable bonds is 4. The van der Waals surface area contributed by atoms with Crippen molar-refractivity contribution in [3.05, 3.63) is 26.2 Å². The molecule has 0 spiro atoms. The Morgan fingerprint density at radius 3 is 2.93 bits per heavy atom. The topological polar surface area (TPSA) is 35.8 Å². The number of unbranched alkanes of at least 4 members (excludes halogenated alkanes) is 1. The van der Waals surface area contributed by atoms with Gasteiger partial charge in [-0.3, -0.25) is 0 Å². The first-order valence-electron chi connectivity index (χ1n) is 4.30. The predicted molar refractivity (Wildman–Crippen MR) is 70.2 cm³/mol. The first-order valence-corrected chi connectivity index (χ1v) is 6.17. The molecule has 0 saturated carbocycles. The molecule has 0 amide bonds. The van der Waals surface area contributed by atoms with E-state index in [1.54, 1.807) is 0 Å². The van der Waals surface area contributed by atoms with Crippen molar-refractivity contribution in [2.75, 3.05) is 11.9 Å². The van der Waals surface area contributed by atoms with Gasteiger partial charge in [0, 0.05) is 26.7 Å². The highest BCUT2D eigenvalue weighted by molar-refractivity contribution is 14.1. The minimum atomic E-state index is 0.612. The highest BCUT2D eigenvalue weighted by atomic mass is 127. The number of benzene rings is 1. The van der Waals surface area contributed by atoms with Crippen LogP contribution in [0.15, 0.2) is 22.7 Å². The minimum absolute atomic E-state index is 0.612.